The van der Waals surface area contributed by atoms with E-state index in [9.17, 15) is 0 Å². The van der Waals surface area contributed by atoms with Gasteiger partial charge >= 0.3 is 0 Å². The van der Waals surface area contributed by atoms with Gasteiger partial charge in [0.25, 0.3) is 0 Å². The van der Waals surface area contributed by atoms with Crippen LogP contribution in [0.3, 0.4) is 0 Å². The van der Waals surface area contributed by atoms with Gasteiger partial charge in [-0.3, -0.25) is 14.8 Å². The molecule has 2 aromatic heterocycles. The molecule has 0 amide bonds. The second-order valence-corrected chi connectivity index (χ2v) is 7.73. The number of rotatable bonds is 5. The summed E-state index contributed by atoms with van der Waals surface area (Å²) in [5, 5.41) is 4.46. The number of thiophene rings is 1. The molecule has 2 aromatic rings. The van der Waals surface area contributed by atoms with Crippen LogP contribution in [0.4, 0.5) is 0 Å². The van der Waals surface area contributed by atoms with Crippen molar-refractivity contribution in [3.63, 3.8) is 0 Å². The Balaban J connectivity index is 1.47. The highest BCUT2D eigenvalue weighted by Gasteiger charge is 2.44. The summed E-state index contributed by atoms with van der Waals surface area (Å²) >= 11 is 1.79. The fraction of sp³-hybridized carbons (Fsp3) is 0.526. The Morgan fingerprint density at radius 3 is 2.79 bits per heavy atom. The van der Waals surface area contributed by atoms with Crippen molar-refractivity contribution in [2.24, 2.45) is 5.92 Å². The molecule has 24 heavy (non-hydrogen) atoms. The van der Waals surface area contributed by atoms with Crippen LogP contribution in [-0.4, -0.2) is 53.7 Å². The summed E-state index contributed by atoms with van der Waals surface area (Å²) in [5.74, 6) is 0.615. The Labute approximate surface area is 148 Å². The summed E-state index contributed by atoms with van der Waals surface area (Å²) < 4.78 is 5.83. The first kappa shape index (κ1) is 16.2. The third kappa shape index (κ3) is 3.40. The van der Waals surface area contributed by atoms with Gasteiger partial charge in [-0.25, -0.2) is 0 Å². The van der Waals surface area contributed by atoms with E-state index in [0.29, 0.717) is 18.1 Å². The summed E-state index contributed by atoms with van der Waals surface area (Å²) in [6, 6.07) is 7.11. The van der Waals surface area contributed by atoms with Crippen molar-refractivity contribution in [3.8, 4) is 0 Å². The van der Waals surface area contributed by atoms with E-state index in [1.54, 1.807) is 11.3 Å². The van der Waals surface area contributed by atoms with Gasteiger partial charge in [-0.15, -0.1) is 0 Å². The summed E-state index contributed by atoms with van der Waals surface area (Å²) in [6.45, 7) is 5.49. The fourth-order valence-corrected chi connectivity index (χ4v) is 4.96. The Hall–Kier alpha value is -1.27. The van der Waals surface area contributed by atoms with E-state index in [4.69, 9.17) is 4.74 Å². The minimum atomic E-state index is 0.399. The minimum absolute atomic E-state index is 0.399. The molecule has 0 bridgehead atoms. The molecule has 4 nitrogen and oxygen atoms in total. The van der Waals surface area contributed by atoms with Crippen molar-refractivity contribution in [2.75, 3.05) is 26.7 Å². The Morgan fingerprint density at radius 1 is 1.17 bits per heavy atom. The molecule has 4 heterocycles. The smallest absolute Gasteiger partial charge is 0.0639 e. The van der Waals surface area contributed by atoms with Gasteiger partial charge in [-0.2, -0.15) is 11.3 Å². The molecule has 0 saturated carbocycles. The van der Waals surface area contributed by atoms with E-state index in [1.807, 2.05) is 19.5 Å². The van der Waals surface area contributed by atoms with Crippen molar-refractivity contribution < 1.29 is 4.74 Å². The van der Waals surface area contributed by atoms with Gasteiger partial charge in [-0.05, 0) is 46.5 Å². The number of ether oxygens (including phenoxy) is 1. The molecule has 0 N–H and O–H groups in total. The van der Waals surface area contributed by atoms with Crippen LogP contribution in [0, 0.1) is 5.92 Å². The second-order valence-electron chi connectivity index (χ2n) is 6.95. The van der Waals surface area contributed by atoms with Gasteiger partial charge in [0.1, 0.15) is 0 Å². The predicted molar refractivity (Wildman–Crippen MR) is 96.9 cm³/mol. The molecule has 0 aromatic carbocycles. The zero-order chi connectivity index (χ0) is 16.4. The highest BCUT2D eigenvalue weighted by Crippen LogP contribution is 2.34. The Bertz CT molecular complexity index is 633. The third-order valence-electron chi connectivity index (χ3n) is 5.48. The molecule has 2 aliphatic heterocycles. The van der Waals surface area contributed by atoms with Crippen molar-refractivity contribution in [1.29, 1.82) is 0 Å². The van der Waals surface area contributed by atoms with Crippen LogP contribution >= 0.6 is 11.3 Å². The van der Waals surface area contributed by atoms with E-state index in [0.717, 1.165) is 39.1 Å². The van der Waals surface area contributed by atoms with Gasteiger partial charge in [0.2, 0.25) is 0 Å². The first-order valence-electron chi connectivity index (χ1n) is 8.72. The number of pyridine rings is 1. The zero-order valence-electron chi connectivity index (χ0n) is 14.2. The van der Waals surface area contributed by atoms with Crippen LogP contribution in [0.2, 0.25) is 0 Å². The molecule has 128 valence electrons. The Morgan fingerprint density at radius 2 is 2.04 bits per heavy atom. The average molecular weight is 343 g/mol. The number of fused-ring (bicyclic) bond motifs is 1. The normalized spacial score (nSPS) is 28.1. The lowest BCUT2D eigenvalue weighted by molar-refractivity contribution is -0.0244. The number of piperidine rings is 1. The largest absolute Gasteiger partial charge is 0.381 e. The highest BCUT2D eigenvalue weighted by atomic mass is 32.1. The van der Waals surface area contributed by atoms with Crippen LogP contribution in [0.25, 0.3) is 0 Å². The Kier molecular flexibility index (Phi) is 4.94. The second kappa shape index (κ2) is 7.31. The van der Waals surface area contributed by atoms with Gasteiger partial charge in [-0.1, -0.05) is 0 Å². The molecular weight excluding hydrogens is 318 g/mol. The number of methoxy groups -OCH3 is 1. The highest BCUT2D eigenvalue weighted by molar-refractivity contribution is 7.07. The maximum Gasteiger partial charge on any atom is 0.0639 e. The van der Waals surface area contributed by atoms with E-state index < -0.39 is 0 Å². The molecule has 4 rings (SSSR count). The van der Waals surface area contributed by atoms with Crippen LogP contribution in [0.5, 0.6) is 0 Å². The van der Waals surface area contributed by atoms with Gasteiger partial charge in [0.15, 0.2) is 0 Å². The molecule has 0 radical (unpaired) electrons. The summed E-state index contributed by atoms with van der Waals surface area (Å²) in [7, 11) is 1.88. The minimum Gasteiger partial charge on any atom is -0.381 e. The number of hydrogen-bond donors (Lipinski definition) is 0. The number of likely N-dealkylation sites (tertiary alicyclic amines) is 2. The van der Waals surface area contributed by atoms with Crippen LogP contribution < -0.4 is 0 Å². The number of hydrogen-bond acceptors (Lipinski definition) is 5. The average Bonchev–Trinajstić information content (AvgIpc) is 3.26. The van der Waals surface area contributed by atoms with Crippen molar-refractivity contribution in [2.45, 2.75) is 31.7 Å². The molecule has 0 aliphatic carbocycles. The molecule has 0 unspecified atom stereocenters. The summed E-state index contributed by atoms with van der Waals surface area (Å²) in [4.78, 5) is 9.39. The monoisotopic (exact) mass is 343 g/mol. The molecule has 3 atom stereocenters. The first-order chi connectivity index (χ1) is 11.8. The summed E-state index contributed by atoms with van der Waals surface area (Å²) in [5.41, 5.74) is 2.80. The predicted octanol–water partition coefficient (Wildman–Crippen LogP) is 2.86. The van der Waals surface area contributed by atoms with E-state index in [-0.39, 0.29) is 0 Å². The van der Waals surface area contributed by atoms with Crippen molar-refractivity contribution >= 4 is 11.3 Å². The molecule has 2 aliphatic rings. The maximum absolute atomic E-state index is 5.83. The number of nitrogens with zero attached hydrogens (tertiary/aromatic N) is 3. The van der Waals surface area contributed by atoms with Crippen molar-refractivity contribution in [1.82, 2.24) is 14.8 Å². The standard InChI is InChI=1S/C19H25N3OS/c1-23-19-4-8-22(11-16-5-9-24-14-16)18-13-21(12-17(18)19)10-15-2-6-20-7-3-15/h2-3,5-7,9,14,17-19H,4,8,10-13H2,1H3/t17-,18+,19-/m0/s1. The van der Waals surface area contributed by atoms with Gasteiger partial charge in [0.05, 0.1) is 6.10 Å². The molecular formula is C19H25N3OS. The quantitative estimate of drug-likeness (QED) is 0.835. The molecule has 5 heteroatoms. The van der Waals surface area contributed by atoms with Crippen LogP contribution in [0.15, 0.2) is 41.4 Å². The van der Waals surface area contributed by atoms with E-state index in [2.05, 4.69) is 43.7 Å². The summed E-state index contributed by atoms with van der Waals surface area (Å²) in [6.07, 6.45) is 5.32. The zero-order valence-corrected chi connectivity index (χ0v) is 15.0. The maximum atomic E-state index is 5.83. The van der Waals surface area contributed by atoms with E-state index in [1.165, 1.54) is 11.1 Å². The topological polar surface area (TPSA) is 28.6 Å². The fourth-order valence-electron chi connectivity index (χ4n) is 4.30. The van der Waals surface area contributed by atoms with Crippen LogP contribution in [-0.2, 0) is 17.8 Å². The lowest BCUT2D eigenvalue weighted by Gasteiger charge is -2.41. The number of aromatic nitrogens is 1. The van der Waals surface area contributed by atoms with Crippen molar-refractivity contribution in [3.05, 3.63) is 52.5 Å². The molecule has 2 fully saturated rings. The van der Waals surface area contributed by atoms with Crippen LogP contribution in [0.1, 0.15) is 17.5 Å². The first-order valence-corrected chi connectivity index (χ1v) is 9.67. The van der Waals surface area contributed by atoms with E-state index >= 15 is 0 Å². The molecule has 2 saturated heterocycles. The third-order valence-corrected chi connectivity index (χ3v) is 6.21. The van der Waals surface area contributed by atoms with Gasteiger partial charge < -0.3 is 4.74 Å². The lowest BCUT2D eigenvalue weighted by atomic mass is 9.89. The molecule has 0 spiro atoms. The van der Waals surface area contributed by atoms with Gasteiger partial charge in [0, 0.05) is 64.2 Å². The SMILES string of the molecule is CO[C@H]1CCN(Cc2ccsc2)[C@@H]2CN(Cc3ccncc3)C[C@H]12. The lowest BCUT2D eigenvalue weighted by Crippen LogP contribution is -2.50.